The van der Waals surface area contributed by atoms with Crippen LogP contribution in [0.5, 0.6) is 5.75 Å². The summed E-state index contributed by atoms with van der Waals surface area (Å²) in [6.07, 6.45) is -4.81. The van der Waals surface area contributed by atoms with Crippen molar-refractivity contribution in [3.8, 4) is 5.75 Å². The molecule has 1 aromatic carbocycles. The molecule has 0 amide bonds. The zero-order valence-electron chi connectivity index (χ0n) is 17.1. The lowest BCUT2D eigenvalue weighted by atomic mass is 10.2. The van der Waals surface area contributed by atoms with Crippen molar-refractivity contribution in [2.75, 3.05) is 31.1 Å². The van der Waals surface area contributed by atoms with Gasteiger partial charge in [0, 0.05) is 38.4 Å². The SMILES string of the molecule is Cc1nc2cc(OC([C@@H](C)O)N3CCN(c4ccc(C(F)(F)F)cn4)CC3)ccc2s1. The number of alkyl halides is 3. The molecule has 1 N–H and O–H groups in total. The van der Waals surface area contributed by atoms with Crippen LogP contribution in [0, 0.1) is 6.92 Å². The number of pyridine rings is 1. The molecular formula is C21H23F3N4O2S. The smallest absolute Gasteiger partial charge is 0.417 e. The van der Waals surface area contributed by atoms with E-state index in [9.17, 15) is 18.3 Å². The second-order valence-corrected chi connectivity index (χ2v) is 8.77. The lowest BCUT2D eigenvalue weighted by Crippen LogP contribution is -2.55. The van der Waals surface area contributed by atoms with Gasteiger partial charge in [0.15, 0.2) is 6.23 Å². The fraction of sp³-hybridized carbons (Fsp3) is 0.429. The minimum Gasteiger partial charge on any atom is -0.472 e. The first-order valence-corrected chi connectivity index (χ1v) is 10.8. The van der Waals surface area contributed by atoms with Gasteiger partial charge in [-0.15, -0.1) is 11.3 Å². The third-order valence-electron chi connectivity index (χ3n) is 5.21. The van der Waals surface area contributed by atoms with Crippen LogP contribution < -0.4 is 9.64 Å². The molecule has 0 radical (unpaired) electrons. The molecule has 1 unspecified atom stereocenters. The van der Waals surface area contributed by atoms with Gasteiger partial charge in [-0.1, -0.05) is 0 Å². The lowest BCUT2D eigenvalue weighted by Gasteiger charge is -2.40. The standard InChI is InChI=1S/C21H23F3N4O2S/c1-13(29)20(30-16-4-5-18-17(11-16)26-14(2)31-18)28-9-7-27(8-10-28)19-6-3-15(12-25-19)21(22,23)24/h3-6,11-13,20,29H,7-10H2,1-2H3/t13-,20?/m1/s1. The summed E-state index contributed by atoms with van der Waals surface area (Å²) in [4.78, 5) is 12.4. The molecule has 1 fully saturated rings. The van der Waals surface area contributed by atoms with E-state index in [-0.39, 0.29) is 0 Å². The van der Waals surface area contributed by atoms with E-state index < -0.39 is 24.1 Å². The number of anilines is 1. The Morgan fingerprint density at radius 3 is 2.48 bits per heavy atom. The molecular weight excluding hydrogens is 429 g/mol. The Balaban J connectivity index is 1.41. The van der Waals surface area contributed by atoms with Gasteiger partial charge in [0.1, 0.15) is 17.7 Å². The number of rotatable bonds is 5. The van der Waals surface area contributed by atoms with Crippen molar-refractivity contribution < 1.29 is 23.0 Å². The Labute approximate surface area is 181 Å². The first-order valence-electron chi connectivity index (χ1n) is 9.95. The van der Waals surface area contributed by atoms with Gasteiger partial charge in [-0.2, -0.15) is 13.2 Å². The lowest BCUT2D eigenvalue weighted by molar-refractivity contribution is -0.137. The van der Waals surface area contributed by atoms with E-state index in [4.69, 9.17) is 4.74 Å². The van der Waals surface area contributed by atoms with Gasteiger partial charge >= 0.3 is 6.18 Å². The molecule has 3 heterocycles. The zero-order valence-corrected chi connectivity index (χ0v) is 18.0. The molecule has 4 rings (SSSR count). The van der Waals surface area contributed by atoms with Crippen LogP contribution in [0.2, 0.25) is 0 Å². The van der Waals surface area contributed by atoms with E-state index >= 15 is 0 Å². The van der Waals surface area contributed by atoms with Crippen LogP contribution >= 0.6 is 11.3 Å². The predicted octanol–water partition coefficient (Wildman–Crippen LogP) is 3.93. The summed E-state index contributed by atoms with van der Waals surface area (Å²) in [7, 11) is 0. The van der Waals surface area contributed by atoms with Crippen LogP contribution in [0.4, 0.5) is 19.0 Å². The Kier molecular flexibility index (Phi) is 6.05. The monoisotopic (exact) mass is 452 g/mol. The molecule has 2 aromatic heterocycles. The fourth-order valence-corrected chi connectivity index (χ4v) is 4.47. The van der Waals surface area contributed by atoms with E-state index in [0.29, 0.717) is 37.7 Å². The highest BCUT2D eigenvalue weighted by Crippen LogP contribution is 2.30. The molecule has 1 saturated heterocycles. The number of aliphatic hydroxyl groups excluding tert-OH is 1. The van der Waals surface area contributed by atoms with Crippen molar-refractivity contribution in [1.82, 2.24) is 14.9 Å². The number of benzene rings is 1. The maximum Gasteiger partial charge on any atom is 0.417 e. The molecule has 0 aliphatic carbocycles. The molecule has 31 heavy (non-hydrogen) atoms. The number of piperazine rings is 1. The molecule has 3 aromatic rings. The number of ether oxygens (including phenoxy) is 1. The van der Waals surface area contributed by atoms with Crippen LogP contribution in [-0.2, 0) is 6.18 Å². The number of halogens is 3. The number of hydrogen-bond acceptors (Lipinski definition) is 7. The number of nitrogens with zero attached hydrogens (tertiary/aromatic N) is 4. The molecule has 1 aliphatic rings. The molecule has 10 heteroatoms. The Hall–Kier alpha value is -2.43. The minimum absolute atomic E-state index is 0.506. The minimum atomic E-state index is -4.40. The summed E-state index contributed by atoms with van der Waals surface area (Å²) in [5, 5.41) is 11.3. The zero-order chi connectivity index (χ0) is 22.2. The first kappa shape index (κ1) is 21.8. The maximum atomic E-state index is 12.7. The van der Waals surface area contributed by atoms with Gasteiger partial charge in [0.2, 0.25) is 0 Å². The summed E-state index contributed by atoms with van der Waals surface area (Å²) < 4.78 is 45.4. The number of aryl methyl sites for hydroxylation is 1. The topological polar surface area (TPSA) is 61.7 Å². The third kappa shape index (κ3) is 4.91. The summed E-state index contributed by atoms with van der Waals surface area (Å²) >= 11 is 1.61. The first-order chi connectivity index (χ1) is 14.7. The van der Waals surface area contributed by atoms with Crippen molar-refractivity contribution in [3.63, 3.8) is 0 Å². The third-order valence-corrected chi connectivity index (χ3v) is 6.16. The van der Waals surface area contributed by atoms with Gasteiger partial charge in [0.05, 0.1) is 20.8 Å². The normalized spacial score (nSPS) is 17.7. The molecule has 0 spiro atoms. The number of aromatic nitrogens is 2. The average molecular weight is 453 g/mol. The van der Waals surface area contributed by atoms with Crippen molar-refractivity contribution in [3.05, 3.63) is 47.1 Å². The number of hydrogen-bond donors (Lipinski definition) is 1. The van der Waals surface area contributed by atoms with E-state index in [1.807, 2.05) is 34.9 Å². The second kappa shape index (κ2) is 8.60. The second-order valence-electron chi connectivity index (χ2n) is 7.54. The molecule has 166 valence electrons. The molecule has 0 bridgehead atoms. The van der Waals surface area contributed by atoms with Gasteiger partial charge in [-0.05, 0) is 38.1 Å². The number of thiazole rings is 1. The average Bonchev–Trinajstić information content (AvgIpc) is 3.11. The summed E-state index contributed by atoms with van der Waals surface area (Å²) in [6.45, 7) is 5.92. The molecule has 2 atom stereocenters. The number of aliphatic hydroxyl groups is 1. The highest BCUT2D eigenvalue weighted by molar-refractivity contribution is 7.18. The van der Waals surface area contributed by atoms with Crippen LogP contribution in [-0.4, -0.2) is 58.5 Å². The quantitative estimate of drug-likeness (QED) is 0.633. The van der Waals surface area contributed by atoms with Gasteiger partial charge in [-0.25, -0.2) is 9.97 Å². The van der Waals surface area contributed by atoms with Gasteiger partial charge in [0.25, 0.3) is 0 Å². The van der Waals surface area contributed by atoms with Crippen molar-refractivity contribution in [1.29, 1.82) is 0 Å². The van der Waals surface area contributed by atoms with Crippen LogP contribution in [0.15, 0.2) is 36.5 Å². The molecule has 0 saturated carbocycles. The van der Waals surface area contributed by atoms with Gasteiger partial charge < -0.3 is 14.7 Å². The highest BCUT2D eigenvalue weighted by atomic mass is 32.1. The summed E-state index contributed by atoms with van der Waals surface area (Å²) in [5.74, 6) is 1.14. The Morgan fingerprint density at radius 1 is 1.13 bits per heavy atom. The van der Waals surface area contributed by atoms with E-state index in [1.165, 1.54) is 6.07 Å². The van der Waals surface area contributed by atoms with Crippen molar-refractivity contribution in [2.45, 2.75) is 32.4 Å². The summed E-state index contributed by atoms with van der Waals surface area (Å²) in [6, 6.07) is 8.15. The highest BCUT2D eigenvalue weighted by Gasteiger charge is 2.32. The van der Waals surface area contributed by atoms with Crippen LogP contribution in [0.25, 0.3) is 10.2 Å². The van der Waals surface area contributed by atoms with Crippen molar-refractivity contribution >= 4 is 27.4 Å². The maximum absolute atomic E-state index is 12.7. The Bertz CT molecular complexity index is 1030. The van der Waals surface area contributed by atoms with Gasteiger partial charge in [-0.3, -0.25) is 4.90 Å². The fourth-order valence-electron chi connectivity index (χ4n) is 3.66. The van der Waals surface area contributed by atoms with E-state index in [1.54, 1.807) is 18.3 Å². The van der Waals surface area contributed by atoms with Crippen LogP contribution in [0.1, 0.15) is 17.5 Å². The van der Waals surface area contributed by atoms with E-state index in [2.05, 4.69) is 9.97 Å². The van der Waals surface area contributed by atoms with Crippen molar-refractivity contribution in [2.24, 2.45) is 0 Å². The molecule has 6 nitrogen and oxygen atoms in total. The largest absolute Gasteiger partial charge is 0.472 e. The van der Waals surface area contributed by atoms with Crippen LogP contribution in [0.3, 0.4) is 0 Å². The predicted molar refractivity (Wildman–Crippen MR) is 113 cm³/mol. The molecule has 1 aliphatic heterocycles. The summed E-state index contributed by atoms with van der Waals surface area (Å²) in [5.41, 5.74) is 0.104. The Morgan fingerprint density at radius 2 is 1.87 bits per heavy atom. The van der Waals surface area contributed by atoms with E-state index in [0.717, 1.165) is 27.5 Å². The number of fused-ring (bicyclic) bond motifs is 1.